The van der Waals surface area contributed by atoms with Gasteiger partial charge in [-0.1, -0.05) is 48.2 Å². The van der Waals surface area contributed by atoms with Crippen molar-refractivity contribution in [2.75, 3.05) is 6.54 Å². The molecule has 2 aromatic rings. The van der Waals surface area contributed by atoms with E-state index in [-0.39, 0.29) is 0 Å². The van der Waals surface area contributed by atoms with Crippen LogP contribution >= 0.6 is 23.1 Å². The second-order valence-electron chi connectivity index (χ2n) is 3.58. The number of benzene rings is 1. The molecule has 0 aliphatic carbocycles. The number of hydrogen-bond acceptors (Lipinski definition) is 5. The van der Waals surface area contributed by atoms with E-state index in [9.17, 15) is 0 Å². The predicted molar refractivity (Wildman–Crippen MR) is 72.6 cm³/mol. The molecule has 0 fully saturated rings. The summed E-state index contributed by atoms with van der Waals surface area (Å²) in [5.41, 5.74) is 1.31. The summed E-state index contributed by atoms with van der Waals surface area (Å²) >= 11 is 3.33. The molecule has 0 saturated heterocycles. The van der Waals surface area contributed by atoms with E-state index in [4.69, 9.17) is 0 Å². The average Bonchev–Trinajstić information content (AvgIpc) is 2.74. The van der Waals surface area contributed by atoms with Crippen LogP contribution in [0.4, 0.5) is 0 Å². The molecule has 1 aromatic carbocycles. The molecule has 90 valence electrons. The maximum atomic E-state index is 4.14. The SMILES string of the molecule is CCNCc1ccccc1Sc1nnc(C)s1. The van der Waals surface area contributed by atoms with Crippen molar-refractivity contribution >= 4 is 23.1 Å². The summed E-state index contributed by atoms with van der Waals surface area (Å²) in [6, 6.07) is 8.42. The second-order valence-corrected chi connectivity index (χ2v) is 6.05. The molecule has 0 atom stereocenters. The van der Waals surface area contributed by atoms with E-state index in [0.717, 1.165) is 22.4 Å². The lowest BCUT2D eigenvalue weighted by atomic mass is 10.2. The van der Waals surface area contributed by atoms with E-state index in [1.54, 1.807) is 23.1 Å². The third-order valence-corrected chi connectivity index (χ3v) is 4.25. The molecule has 0 spiro atoms. The van der Waals surface area contributed by atoms with Gasteiger partial charge in [-0.25, -0.2) is 0 Å². The quantitative estimate of drug-likeness (QED) is 0.901. The van der Waals surface area contributed by atoms with Crippen LogP contribution in [0.1, 0.15) is 17.5 Å². The van der Waals surface area contributed by atoms with Gasteiger partial charge in [0.05, 0.1) is 0 Å². The molecule has 3 nitrogen and oxygen atoms in total. The van der Waals surface area contributed by atoms with Gasteiger partial charge in [0.2, 0.25) is 0 Å². The van der Waals surface area contributed by atoms with Gasteiger partial charge in [0.15, 0.2) is 4.34 Å². The average molecular weight is 265 g/mol. The highest BCUT2D eigenvalue weighted by Gasteiger charge is 2.06. The molecule has 0 radical (unpaired) electrons. The molecule has 0 bridgehead atoms. The first kappa shape index (κ1) is 12.5. The summed E-state index contributed by atoms with van der Waals surface area (Å²) in [5, 5.41) is 12.5. The van der Waals surface area contributed by atoms with Crippen LogP contribution in [0.5, 0.6) is 0 Å². The van der Waals surface area contributed by atoms with Crippen LogP contribution < -0.4 is 5.32 Å². The van der Waals surface area contributed by atoms with Gasteiger partial charge < -0.3 is 5.32 Å². The Kier molecular flexibility index (Phi) is 4.53. The van der Waals surface area contributed by atoms with E-state index in [0.29, 0.717) is 0 Å². The van der Waals surface area contributed by atoms with Crippen molar-refractivity contribution in [1.82, 2.24) is 15.5 Å². The normalized spacial score (nSPS) is 10.7. The van der Waals surface area contributed by atoms with E-state index < -0.39 is 0 Å². The fourth-order valence-electron chi connectivity index (χ4n) is 1.42. The molecule has 2 rings (SSSR count). The second kappa shape index (κ2) is 6.14. The van der Waals surface area contributed by atoms with Gasteiger partial charge in [-0.15, -0.1) is 10.2 Å². The van der Waals surface area contributed by atoms with Gasteiger partial charge in [0, 0.05) is 11.4 Å². The minimum atomic E-state index is 0.900. The lowest BCUT2D eigenvalue weighted by molar-refractivity contribution is 0.718. The molecule has 0 unspecified atom stereocenters. The van der Waals surface area contributed by atoms with Gasteiger partial charge in [0.25, 0.3) is 0 Å². The predicted octanol–water partition coefficient (Wildman–Crippen LogP) is 3.11. The Morgan fingerprint density at radius 3 is 2.82 bits per heavy atom. The van der Waals surface area contributed by atoms with Gasteiger partial charge >= 0.3 is 0 Å². The van der Waals surface area contributed by atoms with Gasteiger partial charge in [0.1, 0.15) is 5.01 Å². The fraction of sp³-hybridized carbons (Fsp3) is 0.333. The van der Waals surface area contributed by atoms with Crippen molar-refractivity contribution in [2.24, 2.45) is 0 Å². The Balaban J connectivity index is 2.14. The molecular weight excluding hydrogens is 250 g/mol. The zero-order chi connectivity index (χ0) is 12.1. The summed E-state index contributed by atoms with van der Waals surface area (Å²) in [7, 11) is 0. The molecule has 0 aliphatic rings. The van der Waals surface area contributed by atoms with Crippen LogP contribution in [-0.4, -0.2) is 16.7 Å². The minimum absolute atomic E-state index is 0.900. The standard InChI is InChI=1S/C12H15N3S2/c1-3-13-8-10-6-4-5-7-11(10)17-12-15-14-9(2)16-12/h4-7,13H,3,8H2,1-2H3. The first-order chi connectivity index (χ1) is 8.29. The molecule has 1 N–H and O–H groups in total. The maximum absolute atomic E-state index is 4.14. The Morgan fingerprint density at radius 2 is 2.12 bits per heavy atom. The largest absolute Gasteiger partial charge is 0.313 e. The molecule has 1 aromatic heterocycles. The molecule has 1 heterocycles. The van der Waals surface area contributed by atoms with E-state index in [2.05, 4.69) is 46.7 Å². The van der Waals surface area contributed by atoms with E-state index in [1.165, 1.54) is 10.5 Å². The van der Waals surface area contributed by atoms with Crippen molar-refractivity contribution in [1.29, 1.82) is 0 Å². The zero-order valence-electron chi connectivity index (χ0n) is 9.93. The smallest absolute Gasteiger partial charge is 0.179 e. The summed E-state index contributed by atoms with van der Waals surface area (Å²) in [6.45, 7) is 5.98. The van der Waals surface area contributed by atoms with Crippen molar-refractivity contribution in [3.63, 3.8) is 0 Å². The van der Waals surface area contributed by atoms with Crippen molar-refractivity contribution in [2.45, 2.75) is 29.6 Å². The summed E-state index contributed by atoms with van der Waals surface area (Å²) in [6.07, 6.45) is 0. The van der Waals surface area contributed by atoms with Crippen LogP contribution in [0.25, 0.3) is 0 Å². The Hall–Kier alpha value is -0.910. The first-order valence-electron chi connectivity index (χ1n) is 5.56. The van der Waals surface area contributed by atoms with E-state index in [1.807, 2.05) is 6.92 Å². The van der Waals surface area contributed by atoms with Crippen LogP contribution in [0.2, 0.25) is 0 Å². The third-order valence-electron chi connectivity index (χ3n) is 2.24. The van der Waals surface area contributed by atoms with Gasteiger partial charge in [-0.3, -0.25) is 0 Å². The molecular formula is C12H15N3S2. The lowest BCUT2D eigenvalue weighted by Crippen LogP contribution is -2.12. The highest BCUT2D eigenvalue weighted by Crippen LogP contribution is 2.32. The summed E-state index contributed by atoms with van der Waals surface area (Å²) < 4.78 is 1.01. The highest BCUT2D eigenvalue weighted by atomic mass is 32.2. The van der Waals surface area contributed by atoms with Crippen molar-refractivity contribution < 1.29 is 0 Å². The first-order valence-corrected chi connectivity index (χ1v) is 7.19. The molecule has 0 amide bonds. The van der Waals surface area contributed by atoms with Crippen molar-refractivity contribution in [3.05, 3.63) is 34.8 Å². The van der Waals surface area contributed by atoms with Gasteiger partial charge in [-0.05, 0) is 25.1 Å². The summed E-state index contributed by atoms with van der Waals surface area (Å²) in [4.78, 5) is 1.25. The number of aromatic nitrogens is 2. The van der Waals surface area contributed by atoms with E-state index >= 15 is 0 Å². The molecule has 17 heavy (non-hydrogen) atoms. The number of nitrogens with one attached hydrogen (secondary N) is 1. The summed E-state index contributed by atoms with van der Waals surface area (Å²) in [5.74, 6) is 0. The zero-order valence-corrected chi connectivity index (χ0v) is 11.6. The van der Waals surface area contributed by atoms with Gasteiger partial charge in [-0.2, -0.15) is 0 Å². The topological polar surface area (TPSA) is 37.8 Å². The number of nitrogens with zero attached hydrogens (tertiary/aromatic N) is 2. The number of rotatable bonds is 5. The Morgan fingerprint density at radius 1 is 1.29 bits per heavy atom. The number of hydrogen-bond donors (Lipinski definition) is 1. The van der Waals surface area contributed by atoms with Crippen LogP contribution in [-0.2, 0) is 6.54 Å². The van der Waals surface area contributed by atoms with Crippen LogP contribution in [0.3, 0.4) is 0 Å². The Bertz CT molecular complexity index is 482. The highest BCUT2D eigenvalue weighted by molar-refractivity contribution is 8.01. The molecule has 0 saturated carbocycles. The Labute approximate surface area is 110 Å². The number of aryl methyl sites for hydroxylation is 1. The third kappa shape index (κ3) is 3.52. The minimum Gasteiger partial charge on any atom is -0.313 e. The van der Waals surface area contributed by atoms with Crippen LogP contribution in [0, 0.1) is 6.92 Å². The van der Waals surface area contributed by atoms with Crippen LogP contribution in [0.15, 0.2) is 33.5 Å². The molecule has 0 aliphatic heterocycles. The van der Waals surface area contributed by atoms with Crippen molar-refractivity contribution in [3.8, 4) is 0 Å². The lowest BCUT2D eigenvalue weighted by Gasteiger charge is -2.07. The monoisotopic (exact) mass is 265 g/mol. The maximum Gasteiger partial charge on any atom is 0.179 e. The molecule has 5 heteroatoms. The fourth-order valence-corrected chi connectivity index (χ4v) is 3.32.